The summed E-state index contributed by atoms with van der Waals surface area (Å²) in [6, 6.07) is 1.83. The summed E-state index contributed by atoms with van der Waals surface area (Å²) in [6.07, 6.45) is 7.34. The number of fused-ring (bicyclic) bond motifs is 1. The summed E-state index contributed by atoms with van der Waals surface area (Å²) in [5.74, 6) is -0.257. The fourth-order valence-electron chi connectivity index (χ4n) is 3.40. The van der Waals surface area contributed by atoms with Crippen LogP contribution in [0.3, 0.4) is 0 Å². The monoisotopic (exact) mass is 417 g/mol. The van der Waals surface area contributed by atoms with Gasteiger partial charge in [0.2, 0.25) is 0 Å². The molecule has 1 amide bonds. The Morgan fingerprint density at radius 2 is 2.35 bits per heavy atom. The van der Waals surface area contributed by atoms with Crippen LogP contribution in [0.1, 0.15) is 23.3 Å². The van der Waals surface area contributed by atoms with Gasteiger partial charge < -0.3 is 20.9 Å². The molecule has 0 saturated carbocycles. The second-order valence-corrected chi connectivity index (χ2v) is 7.41. The number of halogens is 1. The predicted molar refractivity (Wildman–Crippen MR) is 104 cm³/mol. The van der Waals surface area contributed by atoms with Gasteiger partial charge in [-0.15, -0.1) is 0 Å². The molecule has 3 aromatic heterocycles. The molecular formula is C17H20BrN7O. The first-order valence-corrected chi connectivity index (χ1v) is 9.29. The van der Waals surface area contributed by atoms with Crippen molar-refractivity contribution >= 4 is 44.2 Å². The number of aromatic amines is 1. The van der Waals surface area contributed by atoms with Gasteiger partial charge in [-0.25, -0.2) is 4.98 Å². The minimum atomic E-state index is -0.257. The number of carbonyl (C=O) groups excluding carboxylic acids is 1. The maximum absolute atomic E-state index is 12.5. The molecule has 1 aliphatic rings. The average Bonchev–Trinajstić information content (AvgIpc) is 3.22. The Morgan fingerprint density at radius 1 is 1.50 bits per heavy atom. The van der Waals surface area contributed by atoms with Crippen LogP contribution in [0.2, 0.25) is 0 Å². The van der Waals surface area contributed by atoms with Crippen LogP contribution < -0.4 is 16.0 Å². The highest BCUT2D eigenvalue weighted by Crippen LogP contribution is 2.38. The molecule has 1 fully saturated rings. The number of piperidine rings is 1. The number of hydrogen-bond acceptors (Lipinski definition) is 5. The van der Waals surface area contributed by atoms with E-state index in [0.29, 0.717) is 11.4 Å². The molecule has 0 radical (unpaired) electrons. The van der Waals surface area contributed by atoms with Crippen molar-refractivity contribution < 1.29 is 4.79 Å². The normalized spacial score (nSPS) is 17.7. The smallest absolute Gasteiger partial charge is 0.276 e. The first kappa shape index (κ1) is 17.0. The Labute approximate surface area is 158 Å². The third kappa shape index (κ3) is 3.08. The van der Waals surface area contributed by atoms with Gasteiger partial charge in [-0.1, -0.05) is 0 Å². The van der Waals surface area contributed by atoms with Gasteiger partial charge in [0.25, 0.3) is 5.91 Å². The SMILES string of the molecule is Cn1ccc(C(=O)Nc2c[nH]c3ncc(Br)c(N4CCCC(N)C4)c23)n1. The number of amides is 1. The molecule has 136 valence electrons. The summed E-state index contributed by atoms with van der Waals surface area (Å²) in [6.45, 7) is 1.70. The Morgan fingerprint density at radius 3 is 3.08 bits per heavy atom. The molecule has 0 spiro atoms. The Hall–Kier alpha value is -2.39. The van der Waals surface area contributed by atoms with Gasteiger partial charge in [0.15, 0.2) is 5.69 Å². The zero-order valence-electron chi connectivity index (χ0n) is 14.4. The molecular weight excluding hydrogens is 398 g/mol. The largest absolute Gasteiger partial charge is 0.368 e. The maximum Gasteiger partial charge on any atom is 0.276 e. The molecule has 1 unspecified atom stereocenters. The minimum Gasteiger partial charge on any atom is -0.368 e. The number of anilines is 2. The molecule has 0 aromatic carbocycles. The molecule has 4 heterocycles. The summed E-state index contributed by atoms with van der Waals surface area (Å²) in [7, 11) is 1.78. The van der Waals surface area contributed by atoms with Gasteiger partial charge in [0, 0.05) is 44.8 Å². The molecule has 26 heavy (non-hydrogen) atoms. The molecule has 4 rings (SSSR count). The van der Waals surface area contributed by atoms with E-state index in [0.717, 1.165) is 47.1 Å². The van der Waals surface area contributed by atoms with Crippen molar-refractivity contribution in [3.8, 4) is 0 Å². The topological polar surface area (TPSA) is 105 Å². The van der Waals surface area contributed by atoms with Crippen molar-refractivity contribution in [3.05, 3.63) is 34.8 Å². The van der Waals surface area contributed by atoms with Crippen molar-refractivity contribution in [2.45, 2.75) is 18.9 Å². The molecule has 0 aliphatic carbocycles. The molecule has 1 saturated heterocycles. The number of rotatable bonds is 3. The molecule has 1 atom stereocenters. The highest BCUT2D eigenvalue weighted by atomic mass is 79.9. The van der Waals surface area contributed by atoms with Crippen LogP contribution in [-0.2, 0) is 7.05 Å². The quantitative estimate of drug-likeness (QED) is 0.605. The minimum absolute atomic E-state index is 0.143. The van der Waals surface area contributed by atoms with E-state index in [2.05, 4.69) is 41.2 Å². The van der Waals surface area contributed by atoms with Crippen molar-refractivity contribution in [3.63, 3.8) is 0 Å². The highest BCUT2D eigenvalue weighted by molar-refractivity contribution is 9.10. The Kier molecular flexibility index (Phi) is 4.41. The van der Waals surface area contributed by atoms with E-state index in [-0.39, 0.29) is 11.9 Å². The lowest BCUT2D eigenvalue weighted by Crippen LogP contribution is -2.43. The van der Waals surface area contributed by atoms with Gasteiger partial charge >= 0.3 is 0 Å². The van der Waals surface area contributed by atoms with Crippen molar-refractivity contribution in [2.24, 2.45) is 12.8 Å². The van der Waals surface area contributed by atoms with Crippen LogP contribution in [0.4, 0.5) is 11.4 Å². The van der Waals surface area contributed by atoms with Crippen LogP contribution in [0, 0.1) is 0 Å². The number of nitrogens with one attached hydrogen (secondary N) is 2. The van der Waals surface area contributed by atoms with E-state index in [1.165, 1.54) is 0 Å². The Balaban J connectivity index is 1.74. The fraction of sp³-hybridized carbons (Fsp3) is 0.353. The standard InChI is InChI=1S/C17H20BrN7O/c1-24-6-4-12(23-24)17(26)22-13-8-21-16-14(13)15(11(18)7-20-16)25-5-2-3-10(19)9-25/h4,6-8,10H,2-3,5,9,19H2,1H3,(H,20,21)(H,22,26). The van der Waals surface area contributed by atoms with E-state index < -0.39 is 0 Å². The van der Waals surface area contributed by atoms with Gasteiger partial charge in [-0.2, -0.15) is 5.10 Å². The van der Waals surface area contributed by atoms with Gasteiger partial charge in [0.05, 0.1) is 21.2 Å². The summed E-state index contributed by atoms with van der Waals surface area (Å²) < 4.78 is 2.48. The fourth-order valence-corrected chi connectivity index (χ4v) is 3.95. The molecule has 4 N–H and O–H groups in total. The second kappa shape index (κ2) is 6.73. The van der Waals surface area contributed by atoms with Crippen molar-refractivity contribution in [2.75, 3.05) is 23.3 Å². The number of nitrogens with two attached hydrogens (primary N) is 1. The van der Waals surface area contributed by atoms with Crippen LogP contribution in [-0.4, -0.2) is 44.8 Å². The molecule has 8 nitrogen and oxygen atoms in total. The molecule has 9 heteroatoms. The molecule has 1 aliphatic heterocycles. The summed E-state index contributed by atoms with van der Waals surface area (Å²) >= 11 is 3.62. The van der Waals surface area contributed by atoms with Gasteiger partial charge in [-0.05, 0) is 34.8 Å². The van der Waals surface area contributed by atoms with E-state index >= 15 is 0 Å². The number of carbonyl (C=O) groups is 1. The van der Waals surface area contributed by atoms with Crippen molar-refractivity contribution in [1.29, 1.82) is 0 Å². The van der Waals surface area contributed by atoms with Crippen molar-refractivity contribution in [1.82, 2.24) is 19.7 Å². The summed E-state index contributed by atoms with van der Waals surface area (Å²) in [5, 5.41) is 7.97. The third-order valence-corrected chi connectivity index (χ3v) is 5.18. The zero-order chi connectivity index (χ0) is 18.3. The number of aromatic nitrogens is 4. The number of aryl methyl sites for hydroxylation is 1. The summed E-state index contributed by atoms with van der Waals surface area (Å²) in [5.41, 5.74) is 8.94. The van der Waals surface area contributed by atoms with E-state index in [1.807, 2.05) is 0 Å². The molecule has 3 aromatic rings. The highest BCUT2D eigenvalue weighted by Gasteiger charge is 2.24. The first-order chi connectivity index (χ1) is 12.5. The number of hydrogen-bond donors (Lipinski definition) is 3. The van der Waals surface area contributed by atoms with Crippen LogP contribution in [0.15, 0.2) is 29.1 Å². The number of pyridine rings is 1. The Bertz CT molecular complexity index is 963. The van der Waals surface area contributed by atoms with Gasteiger partial charge in [0.1, 0.15) is 5.65 Å². The zero-order valence-corrected chi connectivity index (χ0v) is 16.0. The molecule has 0 bridgehead atoms. The third-order valence-electron chi connectivity index (χ3n) is 4.60. The van der Waals surface area contributed by atoms with Gasteiger partial charge in [-0.3, -0.25) is 9.48 Å². The average molecular weight is 418 g/mol. The van der Waals surface area contributed by atoms with Crippen LogP contribution in [0.5, 0.6) is 0 Å². The summed E-state index contributed by atoms with van der Waals surface area (Å²) in [4.78, 5) is 22.4. The second-order valence-electron chi connectivity index (χ2n) is 6.56. The van der Waals surface area contributed by atoms with E-state index in [4.69, 9.17) is 5.73 Å². The van der Waals surface area contributed by atoms with Crippen LogP contribution >= 0.6 is 15.9 Å². The van der Waals surface area contributed by atoms with Crippen LogP contribution in [0.25, 0.3) is 11.0 Å². The maximum atomic E-state index is 12.5. The lowest BCUT2D eigenvalue weighted by atomic mass is 10.1. The predicted octanol–water partition coefficient (Wildman–Crippen LogP) is 2.24. The van der Waals surface area contributed by atoms with E-state index in [1.54, 1.807) is 36.4 Å². The number of H-pyrrole nitrogens is 1. The lowest BCUT2D eigenvalue weighted by molar-refractivity contribution is 0.102. The lowest BCUT2D eigenvalue weighted by Gasteiger charge is -2.33. The number of nitrogens with zero attached hydrogens (tertiary/aromatic N) is 4. The first-order valence-electron chi connectivity index (χ1n) is 8.50. The van der Waals surface area contributed by atoms with E-state index in [9.17, 15) is 4.79 Å².